The minimum Gasteiger partial charge on any atom is -0.366 e. The van der Waals surface area contributed by atoms with Gasteiger partial charge in [-0.1, -0.05) is 0 Å². The minimum absolute atomic E-state index is 0.418. The predicted molar refractivity (Wildman–Crippen MR) is 74.9 cm³/mol. The first-order valence-corrected chi connectivity index (χ1v) is 7.24. The molecule has 2 aliphatic heterocycles. The van der Waals surface area contributed by atoms with E-state index in [4.69, 9.17) is 14.7 Å². The van der Waals surface area contributed by atoms with E-state index in [-0.39, 0.29) is 0 Å². The van der Waals surface area contributed by atoms with Crippen LogP contribution in [0.2, 0.25) is 0 Å². The fourth-order valence-corrected chi connectivity index (χ4v) is 3.19. The van der Waals surface area contributed by atoms with Crippen LogP contribution in [0.15, 0.2) is 22.7 Å². The zero-order chi connectivity index (χ0) is 13.3. The van der Waals surface area contributed by atoms with Gasteiger partial charge in [0.2, 0.25) is 0 Å². The molecule has 2 aliphatic rings. The van der Waals surface area contributed by atoms with E-state index in [0.717, 1.165) is 36.1 Å². The Labute approximate surface area is 121 Å². The second-order valence-electron chi connectivity index (χ2n) is 4.91. The topological polar surface area (TPSA) is 45.5 Å². The van der Waals surface area contributed by atoms with Crippen LogP contribution in [-0.4, -0.2) is 32.1 Å². The number of nitrogens with zero attached hydrogens (tertiary/aromatic N) is 2. The van der Waals surface area contributed by atoms with Gasteiger partial charge in [-0.25, -0.2) is 0 Å². The summed E-state index contributed by atoms with van der Waals surface area (Å²) in [6, 6.07) is 7.98. The summed E-state index contributed by atoms with van der Waals surface area (Å²) in [6.07, 6.45) is 2.01. The normalized spacial score (nSPS) is 21.6. The quantitative estimate of drug-likeness (QED) is 0.797. The Morgan fingerprint density at radius 3 is 2.79 bits per heavy atom. The van der Waals surface area contributed by atoms with Crippen molar-refractivity contribution in [3.8, 4) is 6.07 Å². The van der Waals surface area contributed by atoms with E-state index in [1.165, 1.54) is 0 Å². The van der Waals surface area contributed by atoms with Gasteiger partial charge in [0.25, 0.3) is 0 Å². The third kappa shape index (κ3) is 2.48. The van der Waals surface area contributed by atoms with E-state index in [2.05, 4.69) is 26.9 Å². The van der Waals surface area contributed by atoms with E-state index in [1.54, 1.807) is 0 Å². The van der Waals surface area contributed by atoms with Crippen LogP contribution >= 0.6 is 15.9 Å². The highest BCUT2D eigenvalue weighted by atomic mass is 79.9. The molecule has 3 rings (SSSR count). The third-order valence-corrected chi connectivity index (χ3v) is 4.33. The number of hydrogen-bond donors (Lipinski definition) is 0. The summed E-state index contributed by atoms with van der Waals surface area (Å²) >= 11 is 3.44. The van der Waals surface area contributed by atoms with Crippen molar-refractivity contribution in [3.05, 3.63) is 28.2 Å². The van der Waals surface area contributed by atoms with E-state index in [1.807, 2.05) is 18.2 Å². The van der Waals surface area contributed by atoms with Crippen molar-refractivity contribution >= 4 is 21.6 Å². The average Bonchev–Trinajstić information content (AvgIpc) is 2.86. The molecule has 5 heteroatoms. The Bertz CT molecular complexity index is 521. The van der Waals surface area contributed by atoms with Crippen LogP contribution in [0, 0.1) is 11.3 Å². The molecule has 2 heterocycles. The first kappa shape index (κ1) is 12.9. The highest BCUT2D eigenvalue weighted by Crippen LogP contribution is 2.33. The summed E-state index contributed by atoms with van der Waals surface area (Å²) < 4.78 is 12.4. The van der Waals surface area contributed by atoms with Gasteiger partial charge in [-0.2, -0.15) is 5.26 Å². The van der Waals surface area contributed by atoms with Crippen LogP contribution in [-0.2, 0) is 9.47 Å². The Morgan fingerprint density at radius 1 is 1.32 bits per heavy atom. The maximum atomic E-state index is 8.95. The number of hydrogen-bond acceptors (Lipinski definition) is 4. The summed E-state index contributed by atoms with van der Waals surface area (Å²) in [5, 5.41) is 8.95. The molecule has 0 atom stereocenters. The molecule has 0 aliphatic carbocycles. The van der Waals surface area contributed by atoms with Gasteiger partial charge in [0, 0.05) is 23.1 Å². The lowest BCUT2D eigenvalue weighted by atomic mass is 10.0. The molecular weight excluding hydrogens is 308 g/mol. The monoisotopic (exact) mass is 322 g/mol. The second kappa shape index (κ2) is 5.12. The number of rotatable bonds is 1. The van der Waals surface area contributed by atoms with E-state index < -0.39 is 5.79 Å². The molecule has 0 amide bonds. The van der Waals surface area contributed by atoms with Crippen molar-refractivity contribution in [2.45, 2.75) is 18.6 Å². The molecular formula is C14H15BrN2O2. The Morgan fingerprint density at radius 2 is 2.11 bits per heavy atom. The Kier molecular flexibility index (Phi) is 3.48. The van der Waals surface area contributed by atoms with Crippen LogP contribution < -0.4 is 4.90 Å². The van der Waals surface area contributed by atoms with Gasteiger partial charge in [0.05, 0.1) is 25.3 Å². The lowest BCUT2D eigenvalue weighted by Crippen LogP contribution is -2.49. The van der Waals surface area contributed by atoms with Gasteiger partial charge in [0.15, 0.2) is 5.79 Å². The number of ether oxygens (including phenoxy) is 2. The molecule has 0 aromatic heterocycles. The van der Waals surface area contributed by atoms with Gasteiger partial charge >= 0.3 is 0 Å². The number of benzene rings is 1. The van der Waals surface area contributed by atoms with Gasteiger partial charge in [0.1, 0.15) is 6.07 Å². The zero-order valence-electron chi connectivity index (χ0n) is 10.6. The number of nitriles is 1. The van der Waals surface area contributed by atoms with Crippen molar-refractivity contribution in [1.82, 2.24) is 0 Å². The van der Waals surface area contributed by atoms with Gasteiger partial charge in [-0.3, -0.25) is 0 Å². The molecule has 0 bridgehead atoms. The Hall–Kier alpha value is -1.09. The van der Waals surface area contributed by atoms with Gasteiger partial charge in [-0.05, 0) is 40.5 Å². The first-order chi connectivity index (χ1) is 9.22. The molecule has 100 valence electrons. The lowest BCUT2D eigenvalue weighted by Gasteiger charge is -2.39. The van der Waals surface area contributed by atoms with Crippen molar-refractivity contribution < 1.29 is 9.47 Å². The minimum atomic E-state index is -0.418. The number of halogens is 1. The molecule has 0 saturated carbocycles. The van der Waals surface area contributed by atoms with Crippen LogP contribution in [0.1, 0.15) is 18.4 Å². The van der Waals surface area contributed by atoms with Crippen molar-refractivity contribution in [1.29, 1.82) is 5.26 Å². The maximum absolute atomic E-state index is 8.95. The number of piperidine rings is 1. The van der Waals surface area contributed by atoms with Crippen molar-refractivity contribution in [2.75, 3.05) is 31.2 Å². The van der Waals surface area contributed by atoms with E-state index in [0.29, 0.717) is 18.8 Å². The smallest absolute Gasteiger partial charge is 0.186 e. The number of anilines is 1. The first-order valence-electron chi connectivity index (χ1n) is 6.45. The van der Waals surface area contributed by atoms with Crippen molar-refractivity contribution in [3.63, 3.8) is 0 Å². The molecule has 0 unspecified atom stereocenters. The summed E-state index contributed by atoms with van der Waals surface area (Å²) in [5.74, 6) is -0.418. The zero-order valence-corrected chi connectivity index (χ0v) is 12.1. The highest BCUT2D eigenvalue weighted by molar-refractivity contribution is 9.10. The van der Waals surface area contributed by atoms with Crippen LogP contribution in [0.4, 0.5) is 5.69 Å². The molecule has 1 spiro atoms. The Balaban J connectivity index is 1.82. The molecule has 0 radical (unpaired) electrons. The molecule has 0 N–H and O–H groups in total. The molecule has 1 aromatic carbocycles. The van der Waals surface area contributed by atoms with E-state index >= 15 is 0 Å². The maximum Gasteiger partial charge on any atom is 0.186 e. The van der Waals surface area contributed by atoms with Crippen LogP contribution in [0.3, 0.4) is 0 Å². The van der Waals surface area contributed by atoms with Crippen LogP contribution in [0.5, 0.6) is 0 Å². The SMILES string of the molecule is N#Cc1ccc(N2CCCC3(C2)OCCO3)cc1Br. The highest BCUT2D eigenvalue weighted by Gasteiger charge is 2.40. The fourth-order valence-electron chi connectivity index (χ4n) is 2.73. The summed E-state index contributed by atoms with van der Waals surface area (Å²) in [6.45, 7) is 3.12. The molecule has 2 saturated heterocycles. The van der Waals surface area contributed by atoms with E-state index in [9.17, 15) is 0 Å². The average molecular weight is 323 g/mol. The van der Waals surface area contributed by atoms with Gasteiger partial charge in [-0.15, -0.1) is 0 Å². The summed E-state index contributed by atoms with van der Waals surface area (Å²) in [7, 11) is 0. The lowest BCUT2D eigenvalue weighted by molar-refractivity contribution is -0.161. The predicted octanol–water partition coefficient (Wildman–Crippen LogP) is 2.66. The molecule has 2 fully saturated rings. The summed E-state index contributed by atoms with van der Waals surface area (Å²) in [5.41, 5.74) is 1.76. The second-order valence-corrected chi connectivity index (χ2v) is 5.76. The van der Waals surface area contributed by atoms with Gasteiger partial charge < -0.3 is 14.4 Å². The third-order valence-electron chi connectivity index (χ3n) is 3.67. The fraction of sp³-hybridized carbons (Fsp3) is 0.500. The van der Waals surface area contributed by atoms with Crippen LogP contribution in [0.25, 0.3) is 0 Å². The standard InChI is InChI=1S/C14H15BrN2O2/c15-13-8-12(3-2-11(13)9-16)17-5-1-4-14(10-17)18-6-7-19-14/h2-3,8H,1,4-7,10H2. The summed E-state index contributed by atoms with van der Waals surface area (Å²) in [4.78, 5) is 2.26. The molecule has 19 heavy (non-hydrogen) atoms. The largest absolute Gasteiger partial charge is 0.366 e. The van der Waals surface area contributed by atoms with Crippen molar-refractivity contribution in [2.24, 2.45) is 0 Å². The molecule has 4 nitrogen and oxygen atoms in total. The molecule has 1 aromatic rings.